The van der Waals surface area contributed by atoms with Crippen molar-refractivity contribution in [2.45, 2.75) is 26.8 Å². The number of H-pyrrole nitrogens is 1. The van der Waals surface area contributed by atoms with E-state index < -0.39 is 19.8 Å². The number of alkyl halides is 1. The van der Waals surface area contributed by atoms with E-state index in [9.17, 15) is 4.79 Å². The summed E-state index contributed by atoms with van der Waals surface area (Å²) in [4.78, 5) is 21.6. The average Bonchev–Trinajstić information content (AvgIpc) is 2.96. The van der Waals surface area contributed by atoms with Crippen LogP contribution in [0.5, 0.6) is 0 Å². The molecule has 140 valence electrons. The van der Waals surface area contributed by atoms with Gasteiger partial charge < -0.3 is 0 Å². The molecule has 1 aromatic heterocycles. The second-order valence-corrected chi connectivity index (χ2v) is 13.2. The number of carbonyl (C=O) groups excluding carboxylic acids is 1. The molecule has 4 nitrogen and oxygen atoms in total. The van der Waals surface area contributed by atoms with E-state index in [0.29, 0.717) is 10.3 Å². The number of aromatic nitrogens is 2. The third kappa shape index (κ3) is 3.58. The molecule has 0 spiro atoms. The van der Waals surface area contributed by atoms with Gasteiger partial charge in [0.15, 0.2) is 0 Å². The van der Waals surface area contributed by atoms with Crippen molar-refractivity contribution in [1.29, 1.82) is 0 Å². The Balaban J connectivity index is 1.80. The molecule has 0 bridgehead atoms. The van der Waals surface area contributed by atoms with Gasteiger partial charge >= 0.3 is 181 Å². The van der Waals surface area contributed by atoms with Crippen molar-refractivity contribution in [3.05, 3.63) is 71.7 Å². The Labute approximate surface area is 179 Å². The molecular formula is C21H21I2N3O. The maximum absolute atomic E-state index is 13.5. The van der Waals surface area contributed by atoms with Crippen molar-refractivity contribution in [1.82, 2.24) is 9.97 Å². The summed E-state index contributed by atoms with van der Waals surface area (Å²) in [5.41, 5.74) is 12.1. The molecule has 3 N–H and O–H groups in total. The Morgan fingerprint density at radius 2 is 2.07 bits per heavy atom. The van der Waals surface area contributed by atoms with Crippen LogP contribution in [0.25, 0.3) is 11.3 Å². The number of imidazole rings is 1. The molecule has 0 unspecified atom stereocenters. The summed E-state index contributed by atoms with van der Waals surface area (Å²) in [5, 5.41) is 0. The first-order valence-corrected chi connectivity index (χ1v) is 13.6. The monoisotopic (exact) mass is 585 g/mol. The molecule has 0 saturated heterocycles. The van der Waals surface area contributed by atoms with Crippen LogP contribution in [-0.4, -0.2) is 18.2 Å². The zero-order valence-corrected chi connectivity index (χ0v) is 19.6. The van der Waals surface area contributed by atoms with Gasteiger partial charge in [0.25, 0.3) is 0 Å². The van der Waals surface area contributed by atoms with Crippen LogP contribution in [0.4, 0.5) is 0 Å². The van der Waals surface area contributed by atoms with Gasteiger partial charge in [0.05, 0.1) is 0 Å². The first kappa shape index (κ1) is 19.1. The predicted octanol–water partition coefficient (Wildman–Crippen LogP) is 4.83. The number of carbonyl (C=O) groups is 1. The van der Waals surface area contributed by atoms with Crippen molar-refractivity contribution in [3.8, 4) is 11.3 Å². The topological polar surface area (TPSA) is 71.8 Å². The van der Waals surface area contributed by atoms with Crippen molar-refractivity contribution in [2.24, 2.45) is 5.73 Å². The molecule has 4 rings (SSSR count). The van der Waals surface area contributed by atoms with Gasteiger partial charge in [-0.1, -0.05) is 0 Å². The number of halogens is 2. The summed E-state index contributed by atoms with van der Waals surface area (Å²) < 4.78 is 3.67. The van der Waals surface area contributed by atoms with E-state index in [1.54, 1.807) is 0 Å². The van der Waals surface area contributed by atoms with Crippen molar-refractivity contribution in [2.75, 3.05) is 4.43 Å². The zero-order chi connectivity index (χ0) is 19.1. The Bertz CT molecular complexity index is 1040. The summed E-state index contributed by atoms with van der Waals surface area (Å²) in [7, 11) is 0. The summed E-state index contributed by atoms with van der Waals surface area (Å²) in [5.74, 6) is 0.936. The number of benzene rings is 2. The Kier molecular flexibility index (Phi) is 5.39. The number of fused-ring (bicyclic) bond motifs is 3. The van der Waals surface area contributed by atoms with Crippen molar-refractivity contribution in [3.63, 3.8) is 0 Å². The van der Waals surface area contributed by atoms with Crippen molar-refractivity contribution >= 4 is 46.2 Å². The van der Waals surface area contributed by atoms with Crippen LogP contribution in [0.15, 0.2) is 36.4 Å². The second kappa shape index (κ2) is 7.63. The van der Waals surface area contributed by atoms with Crippen LogP contribution >= 0.6 is 42.4 Å². The molecule has 0 amide bonds. The molecule has 2 heterocycles. The Morgan fingerprint density at radius 3 is 2.81 bits per heavy atom. The number of hydrogen-bond donors (Lipinski definition) is 2. The van der Waals surface area contributed by atoms with E-state index in [4.69, 9.17) is 10.7 Å². The average molecular weight is 585 g/mol. The molecule has 6 heteroatoms. The minimum atomic E-state index is -2.07. The van der Waals surface area contributed by atoms with E-state index in [2.05, 4.69) is 45.8 Å². The van der Waals surface area contributed by atoms with Gasteiger partial charge in [-0.2, -0.15) is 0 Å². The standard InChI is InChI=1S/C21H21I2N3O/c1-12-9-14(3-4-15(12)11-24)21(27)23-8-7-19-20(26-13(2)25-19)17-10-16(22)5-6-18(17)23/h3-6,9-10H,7-8,11,24H2,1-2H3,(H,25,26). The van der Waals surface area contributed by atoms with Crippen LogP contribution in [-0.2, 0) is 13.0 Å². The van der Waals surface area contributed by atoms with Crippen LogP contribution in [0.3, 0.4) is 0 Å². The predicted molar refractivity (Wildman–Crippen MR) is 126 cm³/mol. The molecule has 3 aromatic rings. The summed E-state index contributed by atoms with van der Waals surface area (Å²) in [6, 6.07) is 12.4. The third-order valence-corrected chi connectivity index (χ3v) is 11.3. The number of nitrogens with two attached hydrogens (primary N) is 1. The maximum atomic E-state index is 13.5. The van der Waals surface area contributed by atoms with Gasteiger partial charge in [-0.05, 0) is 0 Å². The molecule has 0 saturated carbocycles. The number of hydrogen-bond acceptors (Lipinski definition) is 3. The molecule has 27 heavy (non-hydrogen) atoms. The molecule has 0 fully saturated rings. The molecular weight excluding hydrogens is 564 g/mol. The molecule has 1 aliphatic rings. The van der Waals surface area contributed by atoms with E-state index >= 15 is 0 Å². The Hall–Kier alpha value is -1.26. The van der Waals surface area contributed by atoms with Crippen LogP contribution < -0.4 is 5.73 Å². The number of nitrogens with zero attached hydrogens (tertiary/aromatic N) is 1. The Morgan fingerprint density at radius 1 is 1.26 bits per heavy atom. The van der Waals surface area contributed by atoms with Gasteiger partial charge in [0.1, 0.15) is 0 Å². The molecule has 0 radical (unpaired) electrons. The molecule has 2 aromatic carbocycles. The van der Waals surface area contributed by atoms with Gasteiger partial charge in [-0.15, -0.1) is 0 Å². The quantitative estimate of drug-likeness (QED) is 0.263. The van der Waals surface area contributed by atoms with E-state index in [0.717, 1.165) is 50.3 Å². The summed E-state index contributed by atoms with van der Waals surface area (Å²) in [6.45, 7) is 4.53. The fourth-order valence-electron chi connectivity index (χ4n) is 3.47. The summed E-state index contributed by atoms with van der Waals surface area (Å²) in [6.07, 6.45) is 0.887. The number of nitrogens with one attached hydrogen (secondary N) is 1. The molecule has 0 atom stereocenters. The number of aromatic amines is 1. The van der Waals surface area contributed by atoms with Gasteiger partial charge in [0, 0.05) is 0 Å². The van der Waals surface area contributed by atoms with Crippen LogP contribution in [0.1, 0.15) is 33.0 Å². The zero-order valence-electron chi connectivity index (χ0n) is 15.3. The van der Waals surface area contributed by atoms with Gasteiger partial charge in [-0.25, -0.2) is 0 Å². The van der Waals surface area contributed by atoms with Gasteiger partial charge in [-0.3, -0.25) is 0 Å². The SMILES string of the molecule is Cc1nc2c([nH]1)CCI(C(=O)c1ccc(CN)c(C)c1)c1ccc(I)cc1-2. The second-order valence-electron chi connectivity index (χ2n) is 6.69. The van der Waals surface area contributed by atoms with E-state index in [1.807, 2.05) is 32.0 Å². The van der Waals surface area contributed by atoms with Crippen molar-refractivity contribution < 1.29 is 4.79 Å². The fourth-order valence-corrected chi connectivity index (χ4v) is 9.45. The summed E-state index contributed by atoms with van der Waals surface area (Å²) >= 11 is 0.261. The number of aryl methyl sites for hydroxylation is 3. The fraction of sp³-hybridized carbons (Fsp3) is 0.238. The molecule has 0 aliphatic carbocycles. The first-order chi connectivity index (χ1) is 13.0. The van der Waals surface area contributed by atoms with Crippen LogP contribution in [0.2, 0.25) is 0 Å². The molecule has 1 aliphatic heterocycles. The van der Waals surface area contributed by atoms with Gasteiger partial charge in [0.2, 0.25) is 0 Å². The third-order valence-electron chi connectivity index (χ3n) is 4.86. The minimum absolute atomic E-state index is 0.329. The van der Waals surface area contributed by atoms with Crippen LogP contribution in [0, 0.1) is 21.0 Å². The number of rotatable bonds is 3. The van der Waals surface area contributed by atoms with E-state index in [1.165, 1.54) is 7.14 Å². The first-order valence-electron chi connectivity index (χ1n) is 8.83. The normalized spacial score (nSPS) is 14.4. The van der Waals surface area contributed by atoms with E-state index in [-0.39, 0.29) is 0 Å².